The lowest BCUT2D eigenvalue weighted by Gasteiger charge is -2.06. The standard InChI is InChI=1S/C16H10N2O4/c19-12-4-7-3-11(18-9(7)5-13(12)20)15-8-1-2-17-10(8)6-14(21)16(15)22/h1-6,17-18,21-22H. The molecule has 0 spiro atoms. The van der Waals surface area contributed by atoms with Gasteiger partial charge in [-0.3, -0.25) is 9.59 Å². The number of aromatic amines is 2. The van der Waals surface area contributed by atoms with Gasteiger partial charge >= 0.3 is 0 Å². The third kappa shape index (κ3) is 1.61. The first-order chi connectivity index (χ1) is 10.5. The maximum atomic E-state index is 11.5. The molecule has 4 N–H and O–H groups in total. The number of carbonyl (C=O) groups is 2. The predicted octanol–water partition coefficient (Wildman–Crippen LogP) is 0.287. The molecule has 6 heteroatoms. The highest BCUT2D eigenvalue weighted by atomic mass is 16.3. The van der Waals surface area contributed by atoms with Crippen LogP contribution < -0.4 is 10.6 Å². The fourth-order valence-electron chi connectivity index (χ4n) is 2.73. The Hall–Kier alpha value is -3.28. The fourth-order valence-corrected chi connectivity index (χ4v) is 2.73. The van der Waals surface area contributed by atoms with Gasteiger partial charge in [-0.25, -0.2) is 0 Å². The van der Waals surface area contributed by atoms with E-state index in [0.29, 0.717) is 32.7 Å². The van der Waals surface area contributed by atoms with Crippen LogP contribution in [-0.4, -0.2) is 31.7 Å². The van der Waals surface area contributed by atoms with Crippen molar-refractivity contribution < 1.29 is 19.8 Å². The molecule has 0 aliphatic heterocycles. The summed E-state index contributed by atoms with van der Waals surface area (Å²) in [5.74, 6) is -1.68. The minimum atomic E-state index is -0.590. The Morgan fingerprint density at radius 3 is 2.59 bits per heavy atom. The summed E-state index contributed by atoms with van der Waals surface area (Å²) in [7, 11) is 0. The van der Waals surface area contributed by atoms with Crippen LogP contribution in [0, 0.1) is 0 Å². The van der Waals surface area contributed by atoms with Crippen LogP contribution in [0.1, 0.15) is 0 Å². The predicted molar refractivity (Wildman–Crippen MR) is 79.6 cm³/mol. The van der Waals surface area contributed by atoms with E-state index in [1.54, 1.807) is 18.3 Å². The van der Waals surface area contributed by atoms with Crippen molar-refractivity contribution >= 4 is 34.6 Å². The molecule has 108 valence electrons. The number of hydrogen-bond donors (Lipinski definition) is 4. The third-order valence-electron chi connectivity index (χ3n) is 3.76. The molecule has 22 heavy (non-hydrogen) atoms. The molecule has 0 fully saturated rings. The molecular formula is C16H10N2O4. The quantitative estimate of drug-likeness (QED) is 0.382. The molecule has 0 bridgehead atoms. The van der Waals surface area contributed by atoms with E-state index in [-0.39, 0.29) is 11.5 Å². The summed E-state index contributed by atoms with van der Waals surface area (Å²) < 4.78 is 0. The van der Waals surface area contributed by atoms with Gasteiger partial charge in [-0.15, -0.1) is 0 Å². The van der Waals surface area contributed by atoms with Crippen LogP contribution in [0.3, 0.4) is 0 Å². The molecule has 2 heterocycles. The second kappa shape index (κ2) is 4.11. The van der Waals surface area contributed by atoms with Crippen molar-refractivity contribution in [1.82, 2.24) is 9.97 Å². The number of ketones is 2. The number of carbonyl (C=O) groups excluding carboxylic acids is 2. The second-order valence-corrected chi connectivity index (χ2v) is 5.13. The molecule has 0 amide bonds. The first-order valence-corrected chi connectivity index (χ1v) is 6.58. The lowest BCUT2D eigenvalue weighted by atomic mass is 10.0. The summed E-state index contributed by atoms with van der Waals surface area (Å²) >= 11 is 0. The molecule has 1 aliphatic rings. The highest BCUT2D eigenvalue weighted by Gasteiger charge is 2.18. The molecule has 0 saturated carbocycles. The number of phenols is 2. The Kier molecular flexibility index (Phi) is 2.33. The van der Waals surface area contributed by atoms with Gasteiger partial charge in [0.15, 0.2) is 11.5 Å². The number of aromatic hydroxyl groups is 2. The summed E-state index contributed by atoms with van der Waals surface area (Å²) in [6.45, 7) is 0. The highest BCUT2D eigenvalue weighted by Crippen LogP contribution is 2.40. The van der Waals surface area contributed by atoms with E-state index in [1.165, 1.54) is 18.2 Å². The lowest BCUT2D eigenvalue weighted by molar-refractivity contribution is -0.129. The van der Waals surface area contributed by atoms with Gasteiger partial charge in [-0.05, 0) is 18.2 Å². The monoisotopic (exact) mass is 294 g/mol. The third-order valence-corrected chi connectivity index (χ3v) is 3.76. The minimum absolute atomic E-state index is 0.252. The van der Waals surface area contributed by atoms with Crippen molar-refractivity contribution in [3.05, 3.63) is 35.0 Å². The Bertz CT molecular complexity index is 1040. The fraction of sp³-hybridized carbons (Fsp3) is 0. The smallest absolute Gasteiger partial charge is 0.227 e. The summed E-state index contributed by atoms with van der Waals surface area (Å²) in [5, 5.41) is 21.8. The molecule has 1 aromatic carbocycles. The zero-order valence-electron chi connectivity index (χ0n) is 11.2. The van der Waals surface area contributed by atoms with Crippen LogP contribution in [0.2, 0.25) is 0 Å². The van der Waals surface area contributed by atoms with Gasteiger partial charge in [0, 0.05) is 28.9 Å². The lowest BCUT2D eigenvalue weighted by Crippen LogP contribution is -2.31. The number of benzene rings is 1. The largest absolute Gasteiger partial charge is 0.504 e. The molecular weight excluding hydrogens is 284 g/mol. The number of phenolic OH excluding ortho intramolecular Hbond substituents is 2. The van der Waals surface area contributed by atoms with Crippen molar-refractivity contribution in [1.29, 1.82) is 0 Å². The summed E-state index contributed by atoms with van der Waals surface area (Å²) in [4.78, 5) is 28.9. The molecule has 0 unspecified atom stereocenters. The van der Waals surface area contributed by atoms with Crippen LogP contribution in [0.15, 0.2) is 24.4 Å². The highest BCUT2D eigenvalue weighted by molar-refractivity contribution is 6.57. The number of fused-ring (bicyclic) bond motifs is 2. The second-order valence-electron chi connectivity index (χ2n) is 5.13. The van der Waals surface area contributed by atoms with Crippen molar-refractivity contribution in [2.24, 2.45) is 0 Å². The number of hydrogen-bond acceptors (Lipinski definition) is 4. The minimum Gasteiger partial charge on any atom is -0.504 e. The van der Waals surface area contributed by atoms with Gasteiger partial charge in [0.1, 0.15) is 0 Å². The van der Waals surface area contributed by atoms with Gasteiger partial charge in [0.05, 0.1) is 22.1 Å². The average molecular weight is 294 g/mol. The van der Waals surface area contributed by atoms with Gasteiger partial charge in [-0.2, -0.15) is 0 Å². The Balaban J connectivity index is 2.08. The Morgan fingerprint density at radius 2 is 1.77 bits per heavy atom. The molecule has 6 nitrogen and oxygen atoms in total. The average Bonchev–Trinajstić information content (AvgIpc) is 3.07. The number of Topliss-reactive ketones (excluding diaryl/α,β-unsaturated/α-hetero) is 2. The molecule has 0 saturated heterocycles. The zero-order chi connectivity index (χ0) is 15.4. The summed E-state index contributed by atoms with van der Waals surface area (Å²) in [6.07, 6.45) is 4.18. The van der Waals surface area contributed by atoms with Crippen LogP contribution in [0.4, 0.5) is 0 Å². The maximum absolute atomic E-state index is 11.5. The Labute approximate surface area is 123 Å². The number of nitrogens with one attached hydrogen (secondary N) is 2. The maximum Gasteiger partial charge on any atom is 0.227 e. The van der Waals surface area contributed by atoms with Gasteiger partial charge < -0.3 is 20.2 Å². The number of aromatic nitrogens is 2. The summed E-state index contributed by atoms with van der Waals surface area (Å²) in [6, 6.07) is 4.87. The van der Waals surface area contributed by atoms with Crippen LogP contribution in [0.5, 0.6) is 11.5 Å². The van der Waals surface area contributed by atoms with E-state index < -0.39 is 11.6 Å². The number of rotatable bonds is 1. The van der Waals surface area contributed by atoms with E-state index in [1.807, 2.05) is 0 Å². The van der Waals surface area contributed by atoms with E-state index in [0.717, 1.165) is 0 Å². The summed E-state index contributed by atoms with van der Waals surface area (Å²) in [5.41, 5.74) is 1.59. The van der Waals surface area contributed by atoms with Gasteiger partial charge in [0.25, 0.3) is 0 Å². The van der Waals surface area contributed by atoms with E-state index in [9.17, 15) is 19.8 Å². The van der Waals surface area contributed by atoms with Crippen LogP contribution in [-0.2, 0) is 9.59 Å². The molecule has 1 aliphatic carbocycles. The van der Waals surface area contributed by atoms with E-state index >= 15 is 0 Å². The van der Waals surface area contributed by atoms with Crippen molar-refractivity contribution in [2.45, 2.75) is 0 Å². The number of H-pyrrole nitrogens is 2. The molecule has 2 aromatic heterocycles. The normalized spacial score (nSPS) is 13.8. The van der Waals surface area contributed by atoms with Crippen molar-refractivity contribution in [3.8, 4) is 22.8 Å². The van der Waals surface area contributed by atoms with Crippen LogP contribution >= 0.6 is 0 Å². The van der Waals surface area contributed by atoms with Crippen molar-refractivity contribution in [3.63, 3.8) is 0 Å². The Morgan fingerprint density at radius 1 is 1.00 bits per heavy atom. The first kappa shape index (κ1) is 12.5. The van der Waals surface area contributed by atoms with Crippen LogP contribution in [0.25, 0.3) is 34.3 Å². The zero-order valence-corrected chi connectivity index (χ0v) is 11.2. The van der Waals surface area contributed by atoms with Crippen molar-refractivity contribution in [2.75, 3.05) is 0 Å². The molecule has 0 radical (unpaired) electrons. The topological polar surface area (TPSA) is 106 Å². The molecule has 0 atom stereocenters. The molecule has 4 rings (SSSR count). The van der Waals surface area contributed by atoms with E-state index in [4.69, 9.17) is 0 Å². The first-order valence-electron chi connectivity index (χ1n) is 6.58. The van der Waals surface area contributed by atoms with Gasteiger partial charge in [-0.1, -0.05) is 0 Å². The van der Waals surface area contributed by atoms with Gasteiger partial charge in [0.2, 0.25) is 11.6 Å². The SMILES string of the molecule is O=C1C=c2cc(-c3c(O)c(O)cc4[nH]ccc34)[nH]c2=CC1=O. The van der Waals surface area contributed by atoms with E-state index in [2.05, 4.69) is 9.97 Å². The molecule has 3 aromatic rings.